The van der Waals surface area contributed by atoms with Crippen LogP contribution in [0.2, 0.25) is 0 Å². The molecule has 0 unspecified atom stereocenters. The van der Waals surface area contributed by atoms with Crippen LogP contribution in [0.1, 0.15) is 11.1 Å². The maximum absolute atomic E-state index is 11.2. The SMILES string of the molecule is O=P(O)(O)CN(Cc1ccc(CN(CP(=O)(O)O)CP(=O)(O)O)cc1)CP(=O)(O)O. The first-order valence-corrected chi connectivity index (χ1v) is 15.2. The molecule has 0 aromatic heterocycles. The molecule has 0 radical (unpaired) electrons. The lowest BCUT2D eigenvalue weighted by atomic mass is 10.1. The predicted molar refractivity (Wildman–Crippen MR) is 105 cm³/mol. The van der Waals surface area contributed by atoms with Crippen molar-refractivity contribution in [1.29, 1.82) is 0 Å². The van der Waals surface area contributed by atoms with E-state index in [0.29, 0.717) is 11.1 Å². The lowest BCUT2D eigenvalue weighted by molar-refractivity contribution is 0.269. The van der Waals surface area contributed by atoms with Crippen LogP contribution in [0.5, 0.6) is 0 Å². The highest BCUT2D eigenvalue weighted by Gasteiger charge is 2.27. The van der Waals surface area contributed by atoms with Crippen LogP contribution in [0, 0.1) is 0 Å². The molecule has 0 bridgehead atoms. The molecule has 0 saturated heterocycles. The molecule has 174 valence electrons. The molecule has 0 fully saturated rings. The molecule has 0 saturated carbocycles. The van der Waals surface area contributed by atoms with E-state index >= 15 is 0 Å². The molecule has 0 aliphatic heterocycles. The quantitative estimate of drug-likeness (QED) is 0.170. The largest absolute Gasteiger partial charge is 0.339 e. The van der Waals surface area contributed by atoms with E-state index in [0.717, 1.165) is 9.80 Å². The summed E-state index contributed by atoms with van der Waals surface area (Å²) in [4.78, 5) is 74.4. The summed E-state index contributed by atoms with van der Waals surface area (Å²) < 4.78 is 44.8. The van der Waals surface area contributed by atoms with Gasteiger partial charge in [0.05, 0.1) is 0 Å². The van der Waals surface area contributed by atoms with Gasteiger partial charge in [0.1, 0.15) is 25.1 Å². The smallest absolute Gasteiger partial charge is 0.324 e. The van der Waals surface area contributed by atoms with Crippen LogP contribution >= 0.6 is 30.4 Å². The Kier molecular flexibility index (Phi) is 9.79. The van der Waals surface area contributed by atoms with Gasteiger partial charge < -0.3 is 39.1 Å². The Labute approximate surface area is 171 Å². The van der Waals surface area contributed by atoms with E-state index in [4.69, 9.17) is 39.1 Å². The number of benzene rings is 1. The molecule has 14 nitrogen and oxygen atoms in total. The number of hydrogen-bond donors (Lipinski definition) is 8. The number of nitrogens with zero attached hydrogens (tertiary/aromatic N) is 2. The van der Waals surface area contributed by atoms with E-state index in [1.54, 1.807) is 0 Å². The minimum atomic E-state index is -4.59. The third-order valence-electron chi connectivity index (χ3n) is 3.37. The van der Waals surface area contributed by atoms with Crippen molar-refractivity contribution in [2.45, 2.75) is 13.1 Å². The normalized spacial score (nSPS) is 13.9. The second-order valence-corrected chi connectivity index (χ2v) is 13.1. The lowest BCUT2D eigenvalue weighted by Gasteiger charge is -2.24. The van der Waals surface area contributed by atoms with Crippen LogP contribution in [-0.4, -0.2) is 74.1 Å². The Morgan fingerprint density at radius 2 is 0.700 bits per heavy atom. The number of hydrogen-bond acceptors (Lipinski definition) is 6. The molecule has 0 heterocycles. The van der Waals surface area contributed by atoms with Gasteiger partial charge in [0.15, 0.2) is 0 Å². The molecule has 18 heteroatoms. The van der Waals surface area contributed by atoms with Gasteiger partial charge in [-0.05, 0) is 11.1 Å². The van der Waals surface area contributed by atoms with Crippen LogP contribution < -0.4 is 0 Å². The topological polar surface area (TPSA) is 237 Å². The zero-order valence-corrected chi connectivity index (χ0v) is 19.0. The average Bonchev–Trinajstić information content (AvgIpc) is 2.42. The van der Waals surface area contributed by atoms with E-state index < -0.39 is 55.5 Å². The lowest BCUT2D eigenvalue weighted by Crippen LogP contribution is -2.26. The van der Waals surface area contributed by atoms with Crippen LogP contribution in [0.3, 0.4) is 0 Å². The highest BCUT2D eigenvalue weighted by atomic mass is 31.2. The summed E-state index contributed by atoms with van der Waals surface area (Å²) in [5.41, 5.74) is 0.856. The fraction of sp³-hybridized carbons (Fsp3) is 0.500. The molecule has 0 aliphatic rings. The summed E-state index contributed by atoms with van der Waals surface area (Å²) in [5, 5.41) is 0. The van der Waals surface area contributed by atoms with Crippen LogP contribution in [0.4, 0.5) is 0 Å². The second kappa shape index (κ2) is 10.6. The van der Waals surface area contributed by atoms with Crippen molar-refractivity contribution in [2.24, 2.45) is 0 Å². The molecule has 1 aromatic rings. The Morgan fingerprint density at radius 3 is 0.867 bits per heavy atom. The highest BCUT2D eigenvalue weighted by Crippen LogP contribution is 2.42. The fourth-order valence-corrected chi connectivity index (χ4v) is 5.80. The molecule has 8 N–H and O–H groups in total. The summed E-state index contributed by atoms with van der Waals surface area (Å²) in [6, 6.07) is 5.81. The maximum atomic E-state index is 11.2. The van der Waals surface area contributed by atoms with Crippen molar-refractivity contribution < 1.29 is 57.4 Å². The van der Waals surface area contributed by atoms with Gasteiger partial charge in [0, 0.05) is 13.1 Å². The summed E-state index contributed by atoms with van der Waals surface area (Å²) in [6.45, 7) is -0.406. The van der Waals surface area contributed by atoms with E-state index in [1.165, 1.54) is 24.3 Å². The monoisotopic (exact) mass is 512 g/mol. The van der Waals surface area contributed by atoms with E-state index in [-0.39, 0.29) is 13.1 Å². The Bertz CT molecular complexity index is 764. The molecule has 0 spiro atoms. The zero-order chi connectivity index (χ0) is 23.4. The summed E-state index contributed by atoms with van der Waals surface area (Å²) in [6.07, 6.45) is -3.51. The van der Waals surface area contributed by atoms with Crippen LogP contribution in [-0.2, 0) is 31.3 Å². The zero-order valence-electron chi connectivity index (χ0n) is 15.4. The molecular formula is C12H24N2O12P4. The van der Waals surface area contributed by atoms with E-state index in [2.05, 4.69) is 0 Å². The average molecular weight is 512 g/mol. The van der Waals surface area contributed by atoms with Crippen molar-refractivity contribution in [3.63, 3.8) is 0 Å². The third-order valence-corrected chi connectivity index (χ3v) is 6.45. The minimum absolute atomic E-state index is 0.203. The first-order valence-electron chi connectivity index (χ1n) is 8.02. The van der Waals surface area contributed by atoms with Crippen molar-refractivity contribution in [3.8, 4) is 0 Å². The summed E-state index contributed by atoms with van der Waals surface area (Å²) in [5.74, 6) is 0. The first-order chi connectivity index (χ1) is 13.3. The molecule has 0 atom stereocenters. The van der Waals surface area contributed by atoms with E-state index in [1.807, 2.05) is 0 Å². The minimum Gasteiger partial charge on any atom is -0.324 e. The third kappa shape index (κ3) is 13.9. The van der Waals surface area contributed by atoms with Crippen molar-refractivity contribution in [3.05, 3.63) is 35.4 Å². The van der Waals surface area contributed by atoms with Crippen molar-refractivity contribution in [1.82, 2.24) is 9.80 Å². The van der Waals surface area contributed by atoms with Gasteiger partial charge in [-0.15, -0.1) is 0 Å². The number of rotatable bonds is 12. The van der Waals surface area contributed by atoms with Gasteiger partial charge in [0.25, 0.3) is 0 Å². The van der Waals surface area contributed by atoms with Gasteiger partial charge in [-0.1, -0.05) is 24.3 Å². The molecular weight excluding hydrogens is 488 g/mol. The molecule has 30 heavy (non-hydrogen) atoms. The maximum Gasteiger partial charge on any atom is 0.339 e. The molecule has 1 aromatic carbocycles. The standard InChI is InChI=1S/C12H24N2O12P4/c15-27(16,17)7-13(8-28(18,19)20)5-11-1-2-12(4-3-11)6-14(9-29(21,22)23)10-30(24,25)26/h1-4H,5-10H2,(H2,15,16,17)(H2,18,19,20)(H2,21,22,23)(H2,24,25,26). The van der Waals surface area contributed by atoms with Crippen LogP contribution in [0.15, 0.2) is 24.3 Å². The summed E-state index contributed by atoms with van der Waals surface area (Å²) >= 11 is 0. The van der Waals surface area contributed by atoms with Crippen LogP contribution in [0.25, 0.3) is 0 Å². The van der Waals surface area contributed by atoms with Gasteiger partial charge in [-0.2, -0.15) is 0 Å². The highest BCUT2D eigenvalue weighted by molar-refractivity contribution is 7.53. The first kappa shape index (κ1) is 27.8. The Hall–Kier alpha value is -0.260. The predicted octanol–water partition coefficient (Wildman–Crippen LogP) is -0.169. The van der Waals surface area contributed by atoms with Gasteiger partial charge >= 0.3 is 30.4 Å². The van der Waals surface area contributed by atoms with Gasteiger partial charge in [0.2, 0.25) is 0 Å². The van der Waals surface area contributed by atoms with E-state index in [9.17, 15) is 18.3 Å². The van der Waals surface area contributed by atoms with Gasteiger partial charge in [-0.25, -0.2) is 0 Å². The molecule has 1 rings (SSSR count). The van der Waals surface area contributed by atoms with Crippen molar-refractivity contribution >= 4 is 30.4 Å². The second-order valence-electron chi connectivity index (χ2n) is 6.70. The molecule has 0 aliphatic carbocycles. The molecule has 0 amide bonds. The Morgan fingerprint density at radius 1 is 0.500 bits per heavy atom. The fourth-order valence-electron chi connectivity index (χ4n) is 2.60. The van der Waals surface area contributed by atoms with Crippen molar-refractivity contribution in [2.75, 3.05) is 25.1 Å². The summed E-state index contributed by atoms with van der Waals surface area (Å²) in [7, 11) is -18.3. The Balaban J connectivity index is 2.93. The van der Waals surface area contributed by atoms with Gasteiger partial charge in [-0.3, -0.25) is 28.1 Å².